The second-order valence-corrected chi connectivity index (χ2v) is 5.79. The molecule has 3 rings (SSSR count). The zero-order valence-electron chi connectivity index (χ0n) is 13.6. The number of rotatable bonds is 2. The Bertz CT molecular complexity index is 725. The number of carbonyl (C=O) groups is 2. The average molecular weight is 324 g/mol. The molecule has 1 N–H and O–H groups in total. The smallest absolute Gasteiger partial charge is 0.313 e. The van der Waals surface area contributed by atoms with Gasteiger partial charge in [0.25, 0.3) is 0 Å². The first kappa shape index (κ1) is 16.0. The van der Waals surface area contributed by atoms with Gasteiger partial charge in [-0.3, -0.25) is 9.59 Å². The molecule has 0 saturated carbocycles. The summed E-state index contributed by atoms with van der Waals surface area (Å²) >= 11 is 0. The molecule has 0 radical (unpaired) electrons. The van der Waals surface area contributed by atoms with Crippen LogP contribution in [-0.2, 0) is 9.59 Å². The molecule has 2 heterocycles. The van der Waals surface area contributed by atoms with E-state index < -0.39 is 11.8 Å². The number of benzene rings is 1. The van der Waals surface area contributed by atoms with Gasteiger partial charge in [0.05, 0.1) is 0 Å². The molecular weight excluding hydrogens is 304 g/mol. The van der Waals surface area contributed by atoms with E-state index in [1.807, 2.05) is 43.3 Å². The molecule has 2 aromatic rings. The summed E-state index contributed by atoms with van der Waals surface area (Å²) in [4.78, 5) is 32.5. The highest BCUT2D eigenvalue weighted by Crippen LogP contribution is 2.13. The Morgan fingerprint density at radius 1 is 1.04 bits per heavy atom. The van der Waals surface area contributed by atoms with Crippen LogP contribution in [0.3, 0.4) is 0 Å². The third-order valence-corrected chi connectivity index (χ3v) is 4.01. The molecule has 1 aliphatic heterocycles. The number of aromatic nitrogens is 1. The Kier molecular flexibility index (Phi) is 4.74. The van der Waals surface area contributed by atoms with Gasteiger partial charge in [-0.15, -0.1) is 0 Å². The van der Waals surface area contributed by atoms with Crippen LogP contribution in [0.15, 0.2) is 48.7 Å². The van der Waals surface area contributed by atoms with E-state index in [1.54, 1.807) is 17.2 Å². The summed E-state index contributed by atoms with van der Waals surface area (Å²) < 4.78 is 0. The van der Waals surface area contributed by atoms with Crippen molar-refractivity contribution in [3.8, 4) is 0 Å². The second-order valence-electron chi connectivity index (χ2n) is 5.79. The van der Waals surface area contributed by atoms with Gasteiger partial charge in [-0.25, -0.2) is 4.98 Å². The van der Waals surface area contributed by atoms with Gasteiger partial charge < -0.3 is 15.1 Å². The van der Waals surface area contributed by atoms with Gasteiger partial charge in [0.15, 0.2) is 0 Å². The molecule has 1 aromatic carbocycles. The van der Waals surface area contributed by atoms with E-state index >= 15 is 0 Å². The molecule has 0 bridgehead atoms. The molecule has 0 aliphatic carbocycles. The van der Waals surface area contributed by atoms with Crippen LogP contribution in [0.1, 0.15) is 5.56 Å². The van der Waals surface area contributed by atoms with Crippen LogP contribution in [0.2, 0.25) is 0 Å². The number of nitrogens with zero attached hydrogens (tertiary/aromatic N) is 3. The van der Waals surface area contributed by atoms with Crippen molar-refractivity contribution in [1.82, 2.24) is 9.88 Å². The topological polar surface area (TPSA) is 65.5 Å². The van der Waals surface area contributed by atoms with E-state index in [1.165, 1.54) is 0 Å². The number of hydrogen-bond acceptors (Lipinski definition) is 4. The van der Waals surface area contributed by atoms with Crippen LogP contribution >= 0.6 is 0 Å². The highest BCUT2D eigenvalue weighted by Gasteiger charge is 2.26. The molecule has 6 heteroatoms. The zero-order valence-corrected chi connectivity index (χ0v) is 13.6. The Hall–Kier alpha value is -2.89. The fraction of sp³-hybridized carbons (Fsp3) is 0.278. The van der Waals surface area contributed by atoms with Gasteiger partial charge in [-0.2, -0.15) is 0 Å². The van der Waals surface area contributed by atoms with Gasteiger partial charge in [0.1, 0.15) is 5.82 Å². The van der Waals surface area contributed by atoms with Gasteiger partial charge in [0, 0.05) is 38.1 Å². The fourth-order valence-electron chi connectivity index (χ4n) is 2.73. The summed E-state index contributed by atoms with van der Waals surface area (Å²) in [6.45, 7) is 4.29. The van der Waals surface area contributed by atoms with Crippen molar-refractivity contribution >= 4 is 23.3 Å². The van der Waals surface area contributed by atoms with Crippen LogP contribution in [-0.4, -0.2) is 47.9 Å². The van der Waals surface area contributed by atoms with E-state index in [-0.39, 0.29) is 0 Å². The minimum Gasteiger partial charge on any atom is -0.353 e. The highest BCUT2D eigenvalue weighted by molar-refractivity contribution is 6.39. The van der Waals surface area contributed by atoms with Crippen molar-refractivity contribution in [1.29, 1.82) is 0 Å². The van der Waals surface area contributed by atoms with Gasteiger partial charge in [0.2, 0.25) is 0 Å². The molecule has 0 unspecified atom stereocenters. The van der Waals surface area contributed by atoms with Gasteiger partial charge in [-0.05, 0) is 36.8 Å². The monoisotopic (exact) mass is 324 g/mol. The molecule has 2 amide bonds. The van der Waals surface area contributed by atoms with Crippen LogP contribution in [0.25, 0.3) is 0 Å². The zero-order chi connectivity index (χ0) is 16.9. The van der Waals surface area contributed by atoms with Crippen molar-refractivity contribution in [2.75, 3.05) is 36.4 Å². The quantitative estimate of drug-likeness (QED) is 0.854. The maximum atomic E-state index is 12.3. The van der Waals surface area contributed by atoms with Crippen LogP contribution in [0.5, 0.6) is 0 Å². The molecule has 1 saturated heterocycles. The Morgan fingerprint density at radius 2 is 1.83 bits per heavy atom. The Labute approximate surface area is 141 Å². The van der Waals surface area contributed by atoms with E-state index in [0.717, 1.165) is 11.4 Å². The van der Waals surface area contributed by atoms with Gasteiger partial charge in [-0.1, -0.05) is 18.2 Å². The first-order valence-electron chi connectivity index (χ1n) is 7.96. The molecule has 1 fully saturated rings. The van der Waals surface area contributed by atoms with Crippen molar-refractivity contribution in [3.05, 3.63) is 54.2 Å². The average Bonchev–Trinajstić information content (AvgIpc) is 2.62. The number of aryl methyl sites for hydroxylation is 1. The van der Waals surface area contributed by atoms with Crippen LogP contribution in [0.4, 0.5) is 11.5 Å². The number of anilines is 2. The summed E-state index contributed by atoms with van der Waals surface area (Å²) in [7, 11) is 0. The summed E-state index contributed by atoms with van der Waals surface area (Å²) in [5.74, 6) is -0.183. The van der Waals surface area contributed by atoms with Crippen molar-refractivity contribution < 1.29 is 9.59 Å². The first-order chi connectivity index (χ1) is 11.6. The van der Waals surface area contributed by atoms with Gasteiger partial charge >= 0.3 is 11.8 Å². The van der Waals surface area contributed by atoms with Crippen LogP contribution in [0, 0.1) is 6.92 Å². The normalized spacial score (nSPS) is 14.4. The number of piperazine rings is 1. The van der Waals surface area contributed by atoms with Crippen molar-refractivity contribution in [2.45, 2.75) is 6.92 Å². The summed E-state index contributed by atoms with van der Waals surface area (Å²) in [5, 5.41) is 2.67. The Morgan fingerprint density at radius 3 is 2.50 bits per heavy atom. The molecular formula is C18H20N4O2. The number of amides is 2. The second kappa shape index (κ2) is 7.12. The van der Waals surface area contributed by atoms with Crippen LogP contribution < -0.4 is 10.2 Å². The lowest BCUT2D eigenvalue weighted by Gasteiger charge is -2.34. The standard InChI is InChI=1S/C18H20N4O2/c1-14-5-4-6-15(13-14)20-17(23)18(24)22-11-9-21(10-12-22)16-7-2-3-8-19-16/h2-8,13H,9-12H2,1H3,(H,20,23). The predicted molar refractivity (Wildman–Crippen MR) is 92.8 cm³/mol. The van der Waals surface area contributed by atoms with Crippen molar-refractivity contribution in [2.24, 2.45) is 0 Å². The molecule has 0 spiro atoms. The summed E-state index contributed by atoms with van der Waals surface area (Å²) in [6, 6.07) is 13.2. The van der Waals surface area contributed by atoms with E-state index in [2.05, 4.69) is 15.2 Å². The predicted octanol–water partition coefficient (Wildman–Crippen LogP) is 1.68. The molecule has 1 aliphatic rings. The Balaban J connectivity index is 1.56. The molecule has 6 nitrogen and oxygen atoms in total. The minimum absolute atomic E-state index is 0.489. The first-order valence-corrected chi connectivity index (χ1v) is 7.96. The maximum Gasteiger partial charge on any atom is 0.313 e. The number of pyridine rings is 1. The lowest BCUT2D eigenvalue weighted by Crippen LogP contribution is -2.51. The summed E-state index contributed by atoms with van der Waals surface area (Å²) in [5.41, 5.74) is 1.67. The van der Waals surface area contributed by atoms with E-state index in [4.69, 9.17) is 0 Å². The SMILES string of the molecule is Cc1cccc(NC(=O)C(=O)N2CCN(c3ccccn3)CC2)c1. The lowest BCUT2D eigenvalue weighted by molar-refractivity contribution is -0.143. The number of nitrogens with one attached hydrogen (secondary N) is 1. The summed E-state index contributed by atoms with van der Waals surface area (Å²) in [6.07, 6.45) is 1.75. The molecule has 124 valence electrons. The largest absolute Gasteiger partial charge is 0.353 e. The third kappa shape index (κ3) is 3.71. The molecule has 1 aromatic heterocycles. The highest BCUT2D eigenvalue weighted by atomic mass is 16.2. The number of hydrogen-bond donors (Lipinski definition) is 1. The van der Waals surface area contributed by atoms with E-state index in [9.17, 15) is 9.59 Å². The number of carbonyl (C=O) groups excluding carboxylic acids is 2. The maximum absolute atomic E-state index is 12.3. The van der Waals surface area contributed by atoms with E-state index in [0.29, 0.717) is 31.9 Å². The molecule has 24 heavy (non-hydrogen) atoms. The minimum atomic E-state index is -0.591. The fourth-order valence-corrected chi connectivity index (χ4v) is 2.73. The lowest BCUT2D eigenvalue weighted by atomic mass is 10.2. The molecule has 0 atom stereocenters. The van der Waals surface area contributed by atoms with Crippen molar-refractivity contribution in [3.63, 3.8) is 0 Å². The third-order valence-electron chi connectivity index (χ3n) is 4.01.